The number of halogens is 4. The van der Waals surface area contributed by atoms with E-state index in [9.17, 15) is 18.3 Å². The van der Waals surface area contributed by atoms with Crippen LogP contribution >= 0.6 is 15.9 Å². The predicted octanol–water partition coefficient (Wildman–Crippen LogP) is 3.54. The first kappa shape index (κ1) is 11.9. The highest BCUT2D eigenvalue weighted by atomic mass is 79.9. The first-order chi connectivity index (χ1) is 7.36. The predicted molar refractivity (Wildman–Crippen MR) is 57.0 cm³/mol. The Bertz CT molecular complexity index is 416. The van der Waals surface area contributed by atoms with Crippen LogP contribution < -0.4 is 0 Å². The molecule has 1 nitrogen and oxygen atoms in total. The van der Waals surface area contributed by atoms with E-state index in [1.165, 1.54) is 6.07 Å². The Morgan fingerprint density at radius 2 is 2.00 bits per heavy atom. The highest BCUT2D eigenvalue weighted by Crippen LogP contribution is 2.48. The van der Waals surface area contributed by atoms with Gasteiger partial charge in [-0.2, -0.15) is 13.2 Å². The highest BCUT2D eigenvalue weighted by Gasteiger charge is 2.57. The molecule has 1 unspecified atom stereocenters. The monoisotopic (exact) mass is 294 g/mol. The first-order valence-electron chi connectivity index (χ1n) is 4.93. The zero-order valence-electron chi connectivity index (χ0n) is 8.31. The van der Waals surface area contributed by atoms with Gasteiger partial charge in [0.25, 0.3) is 0 Å². The van der Waals surface area contributed by atoms with Crippen molar-refractivity contribution in [3.8, 4) is 0 Å². The summed E-state index contributed by atoms with van der Waals surface area (Å²) < 4.78 is 39.1. The van der Waals surface area contributed by atoms with Gasteiger partial charge in [-0.15, -0.1) is 0 Å². The Kier molecular flexibility index (Phi) is 2.78. The molecule has 0 amide bonds. The Hall–Kier alpha value is -0.550. The van der Waals surface area contributed by atoms with Gasteiger partial charge in [0.05, 0.1) is 0 Å². The average Bonchev–Trinajstić information content (AvgIpc) is 2.16. The molecule has 0 saturated heterocycles. The highest BCUT2D eigenvalue weighted by molar-refractivity contribution is 9.10. The van der Waals surface area contributed by atoms with Crippen molar-refractivity contribution < 1.29 is 18.3 Å². The molecule has 0 radical (unpaired) electrons. The zero-order chi connectivity index (χ0) is 12.0. The molecular formula is C11H10BrF3O. The minimum Gasteiger partial charge on any atom is -0.376 e. The second-order valence-electron chi connectivity index (χ2n) is 3.99. The maximum absolute atomic E-state index is 12.9. The Morgan fingerprint density at radius 1 is 1.31 bits per heavy atom. The van der Waals surface area contributed by atoms with Crippen LogP contribution in [0.4, 0.5) is 13.2 Å². The number of hydrogen-bond donors (Lipinski definition) is 1. The van der Waals surface area contributed by atoms with Gasteiger partial charge in [-0.05, 0) is 30.9 Å². The molecule has 5 heteroatoms. The van der Waals surface area contributed by atoms with Gasteiger partial charge in [-0.25, -0.2) is 0 Å². The second kappa shape index (κ2) is 3.74. The van der Waals surface area contributed by atoms with Crippen LogP contribution in [-0.4, -0.2) is 11.3 Å². The molecule has 1 aromatic carbocycles. The van der Waals surface area contributed by atoms with Crippen LogP contribution in [0.5, 0.6) is 0 Å². The number of fused-ring (bicyclic) bond motifs is 1. The van der Waals surface area contributed by atoms with E-state index in [-0.39, 0.29) is 12.0 Å². The molecule has 1 aromatic rings. The van der Waals surface area contributed by atoms with Gasteiger partial charge in [0.15, 0.2) is 5.60 Å². The van der Waals surface area contributed by atoms with Crippen molar-refractivity contribution in [2.24, 2.45) is 0 Å². The lowest BCUT2D eigenvalue weighted by atomic mass is 9.78. The van der Waals surface area contributed by atoms with Crippen molar-refractivity contribution in [1.29, 1.82) is 0 Å². The number of aliphatic hydroxyl groups is 1. The summed E-state index contributed by atoms with van der Waals surface area (Å²) in [6.07, 6.45) is -3.98. The Labute approximate surface area is 99.4 Å². The molecule has 1 aliphatic rings. The van der Waals surface area contributed by atoms with E-state index in [4.69, 9.17) is 0 Å². The van der Waals surface area contributed by atoms with Gasteiger partial charge < -0.3 is 5.11 Å². The van der Waals surface area contributed by atoms with Gasteiger partial charge in [0.2, 0.25) is 0 Å². The molecular weight excluding hydrogens is 285 g/mol. The lowest BCUT2D eigenvalue weighted by molar-refractivity contribution is -0.271. The molecule has 0 spiro atoms. The largest absolute Gasteiger partial charge is 0.421 e. The van der Waals surface area contributed by atoms with Crippen LogP contribution in [0, 0.1) is 0 Å². The summed E-state index contributed by atoms with van der Waals surface area (Å²) in [7, 11) is 0. The summed E-state index contributed by atoms with van der Waals surface area (Å²) in [5, 5.41) is 9.89. The van der Waals surface area contributed by atoms with Gasteiger partial charge in [0, 0.05) is 10.0 Å². The number of hydrogen-bond acceptors (Lipinski definition) is 1. The standard InChI is InChI=1S/C11H10BrF3O/c12-8-5-1-3-7-4-2-6-10(16,9(7)8)11(13,14)15/h1,3,5,16H,2,4,6H2. The third-order valence-electron chi connectivity index (χ3n) is 2.97. The van der Waals surface area contributed by atoms with E-state index in [1.54, 1.807) is 12.1 Å². The normalized spacial score (nSPS) is 25.3. The van der Waals surface area contributed by atoms with Crippen molar-refractivity contribution in [2.45, 2.75) is 31.0 Å². The number of benzene rings is 1. The van der Waals surface area contributed by atoms with Crippen LogP contribution in [-0.2, 0) is 12.0 Å². The number of alkyl halides is 3. The summed E-state index contributed by atoms with van der Waals surface area (Å²) in [4.78, 5) is 0. The van der Waals surface area contributed by atoms with Crippen LogP contribution in [0.3, 0.4) is 0 Å². The van der Waals surface area contributed by atoms with Gasteiger partial charge in [0.1, 0.15) is 0 Å². The van der Waals surface area contributed by atoms with Gasteiger partial charge in [-0.3, -0.25) is 0 Å². The smallest absolute Gasteiger partial charge is 0.376 e. The molecule has 16 heavy (non-hydrogen) atoms. The van der Waals surface area contributed by atoms with Crippen molar-refractivity contribution in [3.63, 3.8) is 0 Å². The van der Waals surface area contributed by atoms with Crippen molar-refractivity contribution >= 4 is 15.9 Å². The molecule has 0 bridgehead atoms. The molecule has 0 saturated carbocycles. The quantitative estimate of drug-likeness (QED) is 0.776. The van der Waals surface area contributed by atoms with E-state index >= 15 is 0 Å². The molecule has 1 aliphatic carbocycles. The lowest BCUT2D eigenvalue weighted by Crippen LogP contribution is -2.45. The topological polar surface area (TPSA) is 20.2 Å². The van der Waals surface area contributed by atoms with Crippen molar-refractivity contribution in [1.82, 2.24) is 0 Å². The van der Waals surface area contributed by atoms with Crippen LogP contribution in [0.15, 0.2) is 22.7 Å². The summed E-state index contributed by atoms with van der Waals surface area (Å²) in [6, 6.07) is 4.85. The van der Waals surface area contributed by atoms with Gasteiger partial charge in [-0.1, -0.05) is 28.1 Å². The Morgan fingerprint density at radius 3 is 2.62 bits per heavy atom. The maximum Gasteiger partial charge on any atom is 0.421 e. The fourth-order valence-corrected chi connectivity index (χ4v) is 2.92. The fourth-order valence-electron chi connectivity index (χ4n) is 2.18. The Balaban J connectivity index is 2.64. The van der Waals surface area contributed by atoms with Crippen molar-refractivity contribution in [2.75, 3.05) is 0 Å². The van der Waals surface area contributed by atoms with E-state index < -0.39 is 11.8 Å². The molecule has 0 aromatic heterocycles. The van der Waals surface area contributed by atoms with Crippen LogP contribution in [0.25, 0.3) is 0 Å². The fraction of sp³-hybridized carbons (Fsp3) is 0.455. The molecule has 0 fully saturated rings. The molecule has 2 rings (SSSR count). The van der Waals surface area contributed by atoms with E-state index in [2.05, 4.69) is 15.9 Å². The van der Waals surface area contributed by atoms with E-state index in [0.717, 1.165) is 0 Å². The second-order valence-corrected chi connectivity index (χ2v) is 4.84. The SMILES string of the molecule is OC1(C(F)(F)F)CCCc2cccc(Br)c21. The summed E-state index contributed by atoms with van der Waals surface area (Å²) in [5.74, 6) is 0. The van der Waals surface area contributed by atoms with Crippen LogP contribution in [0.2, 0.25) is 0 Å². The molecule has 1 N–H and O–H groups in total. The molecule has 1 atom stereocenters. The summed E-state index contributed by atoms with van der Waals surface area (Å²) in [5.41, 5.74) is -2.16. The minimum absolute atomic E-state index is 0.0197. The summed E-state index contributed by atoms with van der Waals surface area (Å²) >= 11 is 3.09. The van der Waals surface area contributed by atoms with E-state index in [0.29, 0.717) is 22.9 Å². The maximum atomic E-state index is 12.9. The number of aryl methyl sites for hydroxylation is 1. The zero-order valence-corrected chi connectivity index (χ0v) is 9.90. The summed E-state index contributed by atoms with van der Waals surface area (Å²) in [6.45, 7) is 0. The van der Waals surface area contributed by atoms with E-state index in [1.807, 2.05) is 0 Å². The average molecular weight is 295 g/mol. The number of rotatable bonds is 0. The van der Waals surface area contributed by atoms with Gasteiger partial charge >= 0.3 is 6.18 Å². The lowest BCUT2D eigenvalue weighted by Gasteiger charge is -2.36. The van der Waals surface area contributed by atoms with Crippen molar-refractivity contribution in [3.05, 3.63) is 33.8 Å². The molecule has 88 valence electrons. The minimum atomic E-state index is -4.63. The third kappa shape index (κ3) is 1.66. The molecule has 0 aliphatic heterocycles. The molecule has 0 heterocycles. The first-order valence-corrected chi connectivity index (χ1v) is 5.72. The third-order valence-corrected chi connectivity index (χ3v) is 3.63. The van der Waals surface area contributed by atoms with Crippen LogP contribution in [0.1, 0.15) is 24.0 Å².